The summed E-state index contributed by atoms with van der Waals surface area (Å²) in [5.74, 6) is -1.60. The lowest BCUT2D eigenvalue weighted by Gasteiger charge is -2.21. The fourth-order valence-electron chi connectivity index (χ4n) is 4.00. The van der Waals surface area contributed by atoms with Crippen LogP contribution in [0.5, 0.6) is 0 Å². The number of carbonyl (C=O) groups excluding carboxylic acids is 1. The van der Waals surface area contributed by atoms with Gasteiger partial charge in [-0.05, 0) is 41.8 Å². The van der Waals surface area contributed by atoms with E-state index in [9.17, 15) is 17.6 Å². The highest BCUT2D eigenvalue weighted by molar-refractivity contribution is 7.91. The lowest BCUT2D eigenvalue weighted by Crippen LogP contribution is -2.40. The molecular weight excluding hydrogens is 395 g/mol. The highest BCUT2D eigenvalue weighted by Crippen LogP contribution is 2.34. The number of aliphatic hydroxyl groups is 1. The first kappa shape index (κ1) is 19.6. The molecule has 1 aliphatic rings. The maximum Gasteiger partial charge on any atom is 0.267 e. The number of halogens is 1. The molecule has 0 saturated heterocycles. The first-order valence-electron chi connectivity index (χ1n) is 9.34. The number of benzene rings is 2. The molecule has 0 saturated carbocycles. The van der Waals surface area contributed by atoms with E-state index in [1.807, 2.05) is 24.3 Å². The molecule has 0 radical (unpaired) electrons. The molecule has 4 rings (SSSR count). The minimum Gasteiger partial charge on any atom is -0.395 e. The van der Waals surface area contributed by atoms with Gasteiger partial charge in [-0.25, -0.2) is 12.8 Å². The van der Waals surface area contributed by atoms with Gasteiger partial charge in [0.2, 0.25) is 0 Å². The molecule has 1 aromatic heterocycles. The number of aromatic nitrogens is 1. The van der Waals surface area contributed by atoms with Crippen molar-refractivity contribution < 1.29 is 22.7 Å². The van der Waals surface area contributed by atoms with Crippen LogP contribution in [0.4, 0.5) is 4.39 Å². The Morgan fingerprint density at radius 2 is 2.00 bits per heavy atom. The van der Waals surface area contributed by atoms with Gasteiger partial charge in [0.05, 0.1) is 18.1 Å². The normalized spacial score (nSPS) is 18.7. The number of hydrogen-bond donors (Lipinski definition) is 3. The lowest BCUT2D eigenvalue weighted by molar-refractivity contribution is 0.0930. The van der Waals surface area contributed by atoms with Crippen molar-refractivity contribution in [3.8, 4) is 0 Å². The molecule has 1 aliphatic carbocycles. The summed E-state index contributed by atoms with van der Waals surface area (Å²) in [5, 5.41) is 12.6. The van der Waals surface area contributed by atoms with Crippen LogP contribution >= 0.6 is 0 Å². The highest BCUT2D eigenvalue weighted by Gasteiger charge is 2.36. The molecule has 3 N–H and O–H groups in total. The summed E-state index contributed by atoms with van der Waals surface area (Å²) in [7, 11) is -3.47. The van der Waals surface area contributed by atoms with Crippen molar-refractivity contribution >= 4 is 26.6 Å². The van der Waals surface area contributed by atoms with Crippen molar-refractivity contribution in [2.24, 2.45) is 0 Å². The maximum absolute atomic E-state index is 13.4. The molecule has 2 aromatic carbocycles. The summed E-state index contributed by atoms with van der Waals surface area (Å²) in [4.78, 5) is 15.8. The zero-order valence-corrected chi connectivity index (χ0v) is 16.4. The third-order valence-corrected chi connectivity index (χ3v) is 7.03. The number of sulfone groups is 1. The van der Waals surface area contributed by atoms with Crippen molar-refractivity contribution in [2.45, 2.75) is 18.4 Å². The van der Waals surface area contributed by atoms with Crippen molar-refractivity contribution in [1.82, 2.24) is 10.3 Å². The summed E-state index contributed by atoms with van der Waals surface area (Å²) in [6, 6.07) is 13.0. The molecule has 0 fully saturated rings. The second-order valence-electron chi connectivity index (χ2n) is 7.34. The first-order chi connectivity index (χ1) is 13.9. The second-order valence-corrected chi connectivity index (χ2v) is 9.57. The van der Waals surface area contributed by atoms with Gasteiger partial charge in [0.1, 0.15) is 11.5 Å². The lowest BCUT2D eigenvalue weighted by atomic mass is 10.0. The number of H-pyrrole nitrogens is 1. The largest absolute Gasteiger partial charge is 0.395 e. The van der Waals surface area contributed by atoms with E-state index in [-0.39, 0.29) is 23.2 Å². The summed E-state index contributed by atoms with van der Waals surface area (Å²) in [6.07, 6.45) is 0.524. The number of nitrogens with one attached hydrogen (secondary N) is 2. The van der Waals surface area contributed by atoms with Crippen LogP contribution in [0.15, 0.2) is 48.5 Å². The number of fused-ring (bicyclic) bond motifs is 2. The van der Waals surface area contributed by atoms with E-state index < -0.39 is 28.4 Å². The predicted octanol–water partition coefficient (Wildman–Crippen LogP) is 2.15. The highest BCUT2D eigenvalue weighted by atomic mass is 32.2. The molecule has 0 unspecified atom stereocenters. The number of aromatic amines is 1. The van der Waals surface area contributed by atoms with Crippen LogP contribution in [0.3, 0.4) is 0 Å². The Balaban J connectivity index is 1.59. The maximum atomic E-state index is 13.4. The number of aliphatic hydroxyl groups excluding tert-OH is 1. The topological polar surface area (TPSA) is 99.3 Å². The van der Waals surface area contributed by atoms with E-state index >= 15 is 0 Å². The SMILES string of the molecule is O=C(N[C@@H]1Cc2ccccc2[C@@H]1CS(=O)(=O)CCO)c1cc2cc(F)ccc2[nH]1. The molecule has 152 valence electrons. The van der Waals surface area contributed by atoms with Crippen molar-refractivity contribution in [2.75, 3.05) is 18.1 Å². The zero-order chi connectivity index (χ0) is 20.6. The van der Waals surface area contributed by atoms with Crippen molar-refractivity contribution in [3.05, 3.63) is 71.2 Å². The van der Waals surface area contributed by atoms with Gasteiger partial charge < -0.3 is 15.4 Å². The third kappa shape index (κ3) is 4.04. The summed E-state index contributed by atoms with van der Waals surface area (Å²) in [5.41, 5.74) is 2.84. The Morgan fingerprint density at radius 3 is 2.79 bits per heavy atom. The van der Waals surface area contributed by atoms with Gasteiger partial charge >= 0.3 is 0 Å². The average Bonchev–Trinajstić information content (AvgIpc) is 3.23. The van der Waals surface area contributed by atoms with Crippen LogP contribution in [-0.4, -0.2) is 48.6 Å². The minimum absolute atomic E-state index is 0.145. The Morgan fingerprint density at radius 1 is 1.21 bits per heavy atom. The second kappa shape index (κ2) is 7.61. The molecule has 0 spiro atoms. The van der Waals surface area contributed by atoms with Crippen LogP contribution in [0, 0.1) is 5.82 Å². The summed E-state index contributed by atoms with van der Waals surface area (Å²) < 4.78 is 38.1. The van der Waals surface area contributed by atoms with Crippen LogP contribution in [0.1, 0.15) is 27.5 Å². The number of rotatable bonds is 6. The molecule has 29 heavy (non-hydrogen) atoms. The fraction of sp³-hybridized carbons (Fsp3) is 0.286. The van der Waals surface area contributed by atoms with E-state index in [1.54, 1.807) is 12.1 Å². The van der Waals surface area contributed by atoms with Crippen molar-refractivity contribution in [1.29, 1.82) is 0 Å². The number of carbonyl (C=O) groups is 1. The average molecular weight is 416 g/mol. The Bertz CT molecular complexity index is 1170. The molecule has 6 nitrogen and oxygen atoms in total. The standard InChI is InChI=1S/C21H21FN2O4S/c22-15-5-6-18-14(9-15)11-20(23-18)21(26)24-19-10-13-3-1-2-4-16(13)17(19)12-29(27,28)8-7-25/h1-6,9,11,17,19,23,25H,7-8,10,12H2,(H,24,26)/t17-,19+/m0/s1. The van der Waals surface area contributed by atoms with Crippen molar-refractivity contribution in [3.63, 3.8) is 0 Å². The monoisotopic (exact) mass is 416 g/mol. The molecule has 0 aliphatic heterocycles. The quantitative estimate of drug-likeness (QED) is 0.573. The zero-order valence-electron chi connectivity index (χ0n) is 15.6. The predicted molar refractivity (Wildman–Crippen MR) is 108 cm³/mol. The number of amides is 1. The third-order valence-electron chi connectivity index (χ3n) is 5.36. The molecule has 3 aromatic rings. The molecule has 0 bridgehead atoms. The smallest absolute Gasteiger partial charge is 0.267 e. The van der Waals surface area contributed by atoms with Gasteiger partial charge in [0, 0.05) is 22.9 Å². The molecular formula is C21H21FN2O4S. The molecule has 8 heteroatoms. The first-order valence-corrected chi connectivity index (χ1v) is 11.2. The fourth-order valence-corrected chi connectivity index (χ4v) is 5.41. The minimum atomic E-state index is -3.47. The molecule has 1 amide bonds. The van der Waals surface area contributed by atoms with Crippen LogP contribution in [0.2, 0.25) is 0 Å². The van der Waals surface area contributed by atoms with Crippen LogP contribution in [0.25, 0.3) is 10.9 Å². The van der Waals surface area contributed by atoms with Crippen LogP contribution < -0.4 is 5.32 Å². The van der Waals surface area contributed by atoms with E-state index in [0.29, 0.717) is 23.0 Å². The van der Waals surface area contributed by atoms with Gasteiger partial charge in [0.25, 0.3) is 5.91 Å². The van der Waals surface area contributed by atoms with Gasteiger partial charge in [-0.1, -0.05) is 24.3 Å². The Kier molecular flexibility index (Phi) is 5.14. The van der Waals surface area contributed by atoms with E-state index in [1.165, 1.54) is 12.1 Å². The van der Waals surface area contributed by atoms with E-state index in [0.717, 1.165) is 11.1 Å². The molecule has 2 atom stereocenters. The number of hydrogen-bond acceptors (Lipinski definition) is 4. The van der Waals surface area contributed by atoms with Gasteiger partial charge in [-0.2, -0.15) is 0 Å². The van der Waals surface area contributed by atoms with Gasteiger partial charge in [0.15, 0.2) is 9.84 Å². The van der Waals surface area contributed by atoms with Gasteiger partial charge in [-0.15, -0.1) is 0 Å². The van der Waals surface area contributed by atoms with Gasteiger partial charge in [-0.3, -0.25) is 4.79 Å². The Labute approximate surface area is 167 Å². The van der Waals surface area contributed by atoms with E-state index in [2.05, 4.69) is 10.3 Å². The Hall–Kier alpha value is -2.71. The van der Waals surface area contributed by atoms with E-state index in [4.69, 9.17) is 5.11 Å². The van der Waals surface area contributed by atoms with Crippen LogP contribution in [-0.2, 0) is 16.3 Å². The summed E-state index contributed by atoms with van der Waals surface area (Å²) >= 11 is 0. The molecule has 1 heterocycles. The summed E-state index contributed by atoms with van der Waals surface area (Å²) in [6.45, 7) is -0.431.